The highest BCUT2D eigenvalue weighted by molar-refractivity contribution is 5.70. The molecule has 9 nitrogen and oxygen atoms in total. The van der Waals surface area contributed by atoms with Gasteiger partial charge in [0.1, 0.15) is 17.8 Å². The summed E-state index contributed by atoms with van der Waals surface area (Å²) in [6.45, 7) is 7.57. The Kier molecular flexibility index (Phi) is 5.35. The topological polar surface area (TPSA) is 127 Å². The summed E-state index contributed by atoms with van der Waals surface area (Å²) in [5.41, 5.74) is 10.8. The van der Waals surface area contributed by atoms with Crippen LogP contribution in [0.2, 0.25) is 0 Å². The third kappa shape index (κ3) is 4.15. The molecule has 0 aliphatic rings. The number of hydrogen-bond acceptors (Lipinski definition) is 7. The summed E-state index contributed by atoms with van der Waals surface area (Å²) in [6.07, 6.45) is 1.73. The lowest BCUT2D eigenvalue weighted by Gasteiger charge is -2.13. The molecule has 4 rings (SSSR count). The van der Waals surface area contributed by atoms with Crippen LogP contribution in [-0.4, -0.2) is 35.3 Å². The van der Waals surface area contributed by atoms with Crippen molar-refractivity contribution in [1.29, 1.82) is 0 Å². The lowest BCUT2D eigenvalue weighted by molar-refractivity contribution is -0.917. The second-order valence-corrected chi connectivity index (χ2v) is 8.32. The van der Waals surface area contributed by atoms with Gasteiger partial charge in [-0.15, -0.1) is 5.10 Å². The van der Waals surface area contributed by atoms with Gasteiger partial charge in [-0.1, -0.05) is 23.4 Å². The van der Waals surface area contributed by atoms with Crippen LogP contribution in [0.1, 0.15) is 36.4 Å². The number of benzene rings is 1. The van der Waals surface area contributed by atoms with E-state index in [1.807, 2.05) is 25.1 Å². The molecule has 0 bridgehead atoms. The Morgan fingerprint density at radius 1 is 1.03 bits per heavy atom. The summed E-state index contributed by atoms with van der Waals surface area (Å²) >= 11 is 0. The molecule has 0 fully saturated rings. The first-order valence-corrected chi connectivity index (χ1v) is 10.2. The van der Waals surface area contributed by atoms with Crippen molar-refractivity contribution >= 4 is 5.95 Å². The van der Waals surface area contributed by atoms with Crippen LogP contribution >= 0.6 is 0 Å². The molecule has 0 saturated carbocycles. The highest BCUT2D eigenvalue weighted by Crippen LogP contribution is 2.27. The average Bonchev–Trinajstić information content (AvgIpc) is 3.19. The highest BCUT2D eigenvalue weighted by Gasteiger charge is 2.30. The lowest BCUT2D eigenvalue weighted by atomic mass is 10.0. The Bertz CT molecular complexity index is 1290. The number of rotatable bonds is 5. The smallest absolute Gasteiger partial charge is 0.265 e. The molecule has 1 aromatic carbocycles. The summed E-state index contributed by atoms with van der Waals surface area (Å²) < 4.78 is 2.56. The van der Waals surface area contributed by atoms with Crippen LogP contribution in [0.3, 0.4) is 0 Å². The fraction of sp³-hybridized carbons (Fsp3) is 0.261. The number of nitrogens with two attached hydrogens (primary N) is 1. The van der Waals surface area contributed by atoms with Crippen LogP contribution < -0.4 is 10.5 Å². The van der Waals surface area contributed by atoms with Gasteiger partial charge in [-0.3, -0.25) is 5.21 Å². The molecule has 4 N–H and O–H groups in total. The van der Waals surface area contributed by atoms with E-state index < -0.39 is 5.60 Å². The Morgan fingerprint density at radius 3 is 2.50 bits per heavy atom. The maximum atomic E-state index is 10.5. The first kappa shape index (κ1) is 21.4. The molecule has 0 aliphatic carbocycles. The zero-order chi connectivity index (χ0) is 23.0. The largest absolute Gasteiger partial charge is 0.379 e. The molecule has 0 spiro atoms. The average molecular weight is 433 g/mol. The number of anilines is 1. The number of aromatic nitrogens is 6. The molecule has 4 aromatic rings. The molecule has 164 valence electrons. The fourth-order valence-corrected chi connectivity index (χ4v) is 3.55. The van der Waals surface area contributed by atoms with Gasteiger partial charge in [0.25, 0.3) is 11.4 Å². The van der Waals surface area contributed by atoms with E-state index >= 15 is 0 Å². The van der Waals surface area contributed by atoms with E-state index in [1.165, 1.54) is 0 Å². The summed E-state index contributed by atoms with van der Waals surface area (Å²) in [4.78, 5) is 8.73. The van der Waals surface area contributed by atoms with Gasteiger partial charge in [-0.25, -0.2) is 14.6 Å². The Morgan fingerprint density at radius 2 is 1.75 bits per heavy atom. The minimum Gasteiger partial charge on any atom is -0.379 e. The minimum atomic E-state index is -1.19. The van der Waals surface area contributed by atoms with Gasteiger partial charge in [0.05, 0.1) is 17.6 Å². The Hall–Kier alpha value is -3.85. The molecule has 0 saturated heterocycles. The van der Waals surface area contributed by atoms with Crippen molar-refractivity contribution in [2.24, 2.45) is 0 Å². The molecule has 0 radical (unpaired) electrons. The molecule has 0 amide bonds. The predicted octanol–water partition coefficient (Wildman–Crippen LogP) is 2.40. The van der Waals surface area contributed by atoms with Crippen LogP contribution in [0.5, 0.6) is 0 Å². The van der Waals surface area contributed by atoms with Crippen molar-refractivity contribution in [2.45, 2.75) is 39.8 Å². The van der Waals surface area contributed by atoms with Crippen molar-refractivity contribution in [2.75, 3.05) is 5.73 Å². The SMILES string of the molecule is Cc1cccc(-c2cc(-c3cn(Cc4cccc(C(C)(C)O)[n+]4O)nn3)nc(N)n2)c1C. The third-order valence-electron chi connectivity index (χ3n) is 5.42. The van der Waals surface area contributed by atoms with Gasteiger partial charge in [0, 0.05) is 22.4 Å². The quantitative estimate of drug-likeness (QED) is 0.326. The first-order valence-electron chi connectivity index (χ1n) is 10.2. The molecule has 0 unspecified atom stereocenters. The lowest BCUT2D eigenvalue weighted by Crippen LogP contribution is -2.45. The molecular formula is C23H26N7O2+. The van der Waals surface area contributed by atoms with Crippen molar-refractivity contribution in [3.63, 3.8) is 0 Å². The number of aryl methyl sites for hydroxylation is 1. The maximum Gasteiger partial charge on any atom is 0.265 e. The van der Waals surface area contributed by atoms with Crippen LogP contribution in [-0.2, 0) is 12.1 Å². The second kappa shape index (κ2) is 8.01. The number of aliphatic hydroxyl groups is 1. The van der Waals surface area contributed by atoms with E-state index in [2.05, 4.69) is 33.3 Å². The van der Waals surface area contributed by atoms with Gasteiger partial charge in [-0.05, 0) is 51.0 Å². The number of nitrogen functional groups attached to an aromatic ring is 1. The molecule has 3 heterocycles. The fourth-order valence-electron chi connectivity index (χ4n) is 3.55. The van der Waals surface area contributed by atoms with Gasteiger partial charge in [0.2, 0.25) is 5.95 Å². The maximum absolute atomic E-state index is 10.5. The summed E-state index contributed by atoms with van der Waals surface area (Å²) in [6, 6.07) is 13.1. The summed E-state index contributed by atoms with van der Waals surface area (Å²) in [7, 11) is 0. The van der Waals surface area contributed by atoms with Crippen LogP contribution in [0.25, 0.3) is 22.6 Å². The Balaban J connectivity index is 1.67. The molecule has 9 heteroatoms. The second-order valence-electron chi connectivity index (χ2n) is 8.32. The van der Waals surface area contributed by atoms with Gasteiger partial charge in [0.15, 0.2) is 0 Å². The molecular weight excluding hydrogens is 406 g/mol. The molecule has 0 aliphatic heterocycles. The monoisotopic (exact) mass is 432 g/mol. The van der Waals surface area contributed by atoms with Gasteiger partial charge >= 0.3 is 0 Å². The van der Waals surface area contributed by atoms with Crippen molar-refractivity contribution < 1.29 is 15.0 Å². The zero-order valence-electron chi connectivity index (χ0n) is 18.5. The minimum absolute atomic E-state index is 0.152. The highest BCUT2D eigenvalue weighted by atomic mass is 16.5. The van der Waals surface area contributed by atoms with Crippen molar-refractivity contribution in [3.05, 3.63) is 71.2 Å². The molecule has 0 atom stereocenters. The van der Waals surface area contributed by atoms with E-state index in [4.69, 9.17) is 5.73 Å². The van der Waals surface area contributed by atoms with E-state index in [9.17, 15) is 10.3 Å². The summed E-state index contributed by atoms with van der Waals surface area (Å²) in [5.74, 6) is 0.152. The van der Waals surface area contributed by atoms with E-state index in [1.54, 1.807) is 42.9 Å². The van der Waals surface area contributed by atoms with E-state index in [-0.39, 0.29) is 12.5 Å². The molecule has 32 heavy (non-hydrogen) atoms. The summed E-state index contributed by atoms with van der Waals surface area (Å²) in [5, 5.41) is 29.2. The first-order chi connectivity index (χ1) is 15.1. The number of pyridine rings is 1. The van der Waals surface area contributed by atoms with Gasteiger partial charge in [-0.2, -0.15) is 0 Å². The third-order valence-corrected chi connectivity index (χ3v) is 5.42. The molecule has 3 aromatic heterocycles. The van der Waals surface area contributed by atoms with E-state index in [0.29, 0.717) is 28.5 Å². The van der Waals surface area contributed by atoms with Crippen LogP contribution in [0.15, 0.2) is 48.7 Å². The van der Waals surface area contributed by atoms with Gasteiger partial charge < -0.3 is 10.8 Å². The van der Waals surface area contributed by atoms with Crippen LogP contribution in [0, 0.1) is 13.8 Å². The predicted molar refractivity (Wildman–Crippen MR) is 119 cm³/mol. The normalized spacial score (nSPS) is 11.7. The van der Waals surface area contributed by atoms with Crippen LogP contribution in [0.4, 0.5) is 5.95 Å². The number of hydrogen-bond donors (Lipinski definition) is 3. The Labute approximate surface area is 185 Å². The zero-order valence-corrected chi connectivity index (χ0v) is 18.5. The van der Waals surface area contributed by atoms with Crippen molar-refractivity contribution in [1.82, 2.24) is 25.0 Å². The standard InChI is InChI=1S/C23H26N7O2/c1-14-7-5-9-17(15(14)2)18-11-19(26-22(24)25-18)20-13-29(28-27-20)12-16-8-6-10-21(30(16)32)23(3,4)31/h5-11,13,31-32H,12H2,1-4H3,(H2,24,25,26)/q+1. The number of nitrogens with zero attached hydrogens (tertiary/aromatic N) is 6. The van der Waals surface area contributed by atoms with E-state index in [0.717, 1.165) is 21.4 Å². The van der Waals surface area contributed by atoms with Crippen molar-refractivity contribution in [3.8, 4) is 22.6 Å².